The molecule has 0 aliphatic carbocycles. The number of hydrogen-bond donors (Lipinski definition) is 0. The predicted octanol–water partition coefficient (Wildman–Crippen LogP) is 5.17. The molecule has 2 heterocycles. The van der Waals surface area contributed by atoms with Crippen LogP contribution >= 0.6 is 11.5 Å². The summed E-state index contributed by atoms with van der Waals surface area (Å²) in [6, 6.07) is 11.0. The zero-order chi connectivity index (χ0) is 22.0. The normalized spacial score (nSPS) is 18.7. The highest BCUT2D eigenvalue weighted by Crippen LogP contribution is 2.34. The van der Waals surface area contributed by atoms with Crippen molar-refractivity contribution < 1.29 is 18.3 Å². The van der Waals surface area contributed by atoms with Crippen LogP contribution in [0.25, 0.3) is 11.1 Å². The van der Waals surface area contributed by atoms with Crippen LogP contribution in [0, 0.1) is 18.6 Å². The second-order valence-corrected chi connectivity index (χ2v) is 8.35. The first kappa shape index (κ1) is 21.5. The first-order chi connectivity index (χ1) is 15.0. The molecule has 2 aromatic carbocycles. The fourth-order valence-electron chi connectivity index (χ4n) is 4.06. The highest BCUT2D eigenvalue weighted by molar-refractivity contribution is 7.07. The molecule has 0 bridgehead atoms. The first-order valence-corrected chi connectivity index (χ1v) is 11.0. The SMILES string of the molecule is CCN(C(=O)c1snnc1C)[C@H]1CCO[C@@H](c2cccc(-c3cc(F)cc(F)c3)c2)C1. The Morgan fingerprint density at radius 3 is 2.65 bits per heavy atom. The summed E-state index contributed by atoms with van der Waals surface area (Å²) < 4.78 is 37.2. The van der Waals surface area contributed by atoms with Crippen LogP contribution in [0.15, 0.2) is 42.5 Å². The molecule has 0 unspecified atom stereocenters. The third-order valence-corrected chi connectivity index (χ3v) is 6.41. The lowest BCUT2D eigenvalue weighted by Gasteiger charge is -2.37. The van der Waals surface area contributed by atoms with E-state index in [1.165, 1.54) is 12.1 Å². The van der Waals surface area contributed by atoms with Gasteiger partial charge in [-0.3, -0.25) is 4.79 Å². The lowest BCUT2D eigenvalue weighted by atomic mass is 9.93. The van der Waals surface area contributed by atoms with Crippen LogP contribution in [0.4, 0.5) is 8.78 Å². The van der Waals surface area contributed by atoms with Crippen molar-refractivity contribution in [1.82, 2.24) is 14.5 Å². The van der Waals surface area contributed by atoms with E-state index in [9.17, 15) is 13.6 Å². The van der Waals surface area contributed by atoms with E-state index in [0.717, 1.165) is 35.1 Å². The zero-order valence-corrected chi connectivity index (χ0v) is 18.2. The van der Waals surface area contributed by atoms with Crippen molar-refractivity contribution in [2.45, 2.75) is 38.8 Å². The second-order valence-electron chi connectivity index (χ2n) is 7.60. The summed E-state index contributed by atoms with van der Waals surface area (Å²) in [5, 5.41) is 3.96. The van der Waals surface area contributed by atoms with Crippen molar-refractivity contribution in [3.63, 3.8) is 0 Å². The van der Waals surface area contributed by atoms with Gasteiger partial charge in [-0.15, -0.1) is 5.10 Å². The van der Waals surface area contributed by atoms with E-state index in [4.69, 9.17) is 4.74 Å². The van der Waals surface area contributed by atoms with E-state index in [-0.39, 0.29) is 18.1 Å². The molecule has 31 heavy (non-hydrogen) atoms. The minimum atomic E-state index is -0.612. The summed E-state index contributed by atoms with van der Waals surface area (Å²) in [7, 11) is 0. The molecular formula is C23H23F2N3O2S. The minimum Gasteiger partial charge on any atom is -0.373 e. The van der Waals surface area contributed by atoms with Gasteiger partial charge in [0.1, 0.15) is 16.5 Å². The Kier molecular flexibility index (Phi) is 6.38. The van der Waals surface area contributed by atoms with Gasteiger partial charge in [0.05, 0.1) is 11.8 Å². The van der Waals surface area contributed by atoms with E-state index in [2.05, 4.69) is 9.59 Å². The molecule has 1 aliphatic rings. The van der Waals surface area contributed by atoms with Gasteiger partial charge in [0.15, 0.2) is 0 Å². The van der Waals surface area contributed by atoms with Crippen molar-refractivity contribution in [2.75, 3.05) is 13.2 Å². The van der Waals surface area contributed by atoms with Crippen molar-refractivity contribution in [3.8, 4) is 11.1 Å². The minimum absolute atomic E-state index is 0.0213. The largest absolute Gasteiger partial charge is 0.373 e. The third-order valence-electron chi connectivity index (χ3n) is 5.60. The second kappa shape index (κ2) is 9.20. The van der Waals surface area contributed by atoms with E-state index in [0.29, 0.717) is 35.7 Å². The molecule has 3 aromatic rings. The first-order valence-electron chi connectivity index (χ1n) is 10.2. The number of ether oxygens (including phenoxy) is 1. The fourth-order valence-corrected chi connectivity index (χ4v) is 4.67. The van der Waals surface area contributed by atoms with Gasteiger partial charge in [-0.25, -0.2) is 8.78 Å². The van der Waals surface area contributed by atoms with Crippen LogP contribution < -0.4 is 0 Å². The standard InChI is InChI=1S/C23H23F2N3O2S/c1-3-28(23(29)22-14(2)26-27-31-22)20-7-8-30-21(13-20)16-6-4-5-15(9-16)17-10-18(24)12-19(25)11-17/h4-6,9-12,20-21H,3,7-8,13H2,1-2H3/t20-,21+/m0/s1. The fraction of sp³-hybridized carbons (Fsp3) is 0.348. The molecule has 1 fully saturated rings. The maximum Gasteiger partial charge on any atom is 0.267 e. The Balaban J connectivity index is 1.56. The summed E-state index contributed by atoms with van der Waals surface area (Å²) in [5.74, 6) is -1.27. The van der Waals surface area contributed by atoms with Gasteiger partial charge < -0.3 is 9.64 Å². The number of halogens is 2. The topological polar surface area (TPSA) is 55.3 Å². The van der Waals surface area contributed by atoms with Crippen molar-refractivity contribution in [3.05, 3.63) is 70.2 Å². The van der Waals surface area contributed by atoms with Crippen LogP contribution in [-0.2, 0) is 4.74 Å². The Morgan fingerprint density at radius 2 is 1.97 bits per heavy atom. The average Bonchev–Trinajstić information content (AvgIpc) is 3.20. The van der Waals surface area contributed by atoms with E-state index in [1.807, 2.05) is 36.1 Å². The number of carbonyl (C=O) groups is 1. The van der Waals surface area contributed by atoms with Gasteiger partial charge in [-0.1, -0.05) is 22.7 Å². The number of nitrogens with zero attached hydrogens (tertiary/aromatic N) is 3. The Bertz CT molecular complexity index is 1070. The van der Waals surface area contributed by atoms with Crippen molar-refractivity contribution in [1.29, 1.82) is 0 Å². The number of aromatic nitrogens is 2. The lowest BCUT2D eigenvalue weighted by molar-refractivity contribution is -0.0230. The molecule has 0 spiro atoms. The summed E-state index contributed by atoms with van der Waals surface area (Å²) in [6.07, 6.45) is 1.18. The molecular weight excluding hydrogens is 420 g/mol. The Labute approximate surface area is 183 Å². The molecule has 0 N–H and O–H groups in total. The Hall–Kier alpha value is -2.71. The predicted molar refractivity (Wildman–Crippen MR) is 115 cm³/mol. The van der Waals surface area contributed by atoms with Crippen LogP contribution in [0.5, 0.6) is 0 Å². The molecule has 8 heteroatoms. The molecule has 0 radical (unpaired) electrons. The van der Waals surface area contributed by atoms with Crippen LogP contribution in [0.2, 0.25) is 0 Å². The highest BCUT2D eigenvalue weighted by Gasteiger charge is 2.32. The molecule has 5 nitrogen and oxygen atoms in total. The molecule has 162 valence electrons. The summed E-state index contributed by atoms with van der Waals surface area (Å²) in [4.78, 5) is 15.5. The van der Waals surface area contributed by atoms with Gasteiger partial charge in [0.25, 0.3) is 5.91 Å². The average molecular weight is 444 g/mol. The maximum atomic E-state index is 13.7. The van der Waals surface area contributed by atoms with Crippen molar-refractivity contribution >= 4 is 17.4 Å². The number of carbonyl (C=O) groups excluding carboxylic acids is 1. The summed E-state index contributed by atoms with van der Waals surface area (Å²) in [6.45, 7) is 4.86. The molecule has 1 saturated heterocycles. The number of amides is 1. The number of aryl methyl sites for hydroxylation is 1. The number of rotatable bonds is 5. The molecule has 4 rings (SSSR count). The van der Waals surface area contributed by atoms with E-state index >= 15 is 0 Å². The van der Waals surface area contributed by atoms with Gasteiger partial charge in [-0.2, -0.15) is 0 Å². The van der Waals surface area contributed by atoms with Gasteiger partial charge in [0, 0.05) is 25.3 Å². The highest BCUT2D eigenvalue weighted by atomic mass is 32.1. The molecule has 1 aromatic heterocycles. The number of hydrogen-bond acceptors (Lipinski definition) is 5. The quantitative estimate of drug-likeness (QED) is 0.546. The molecule has 1 aliphatic heterocycles. The van der Waals surface area contributed by atoms with Gasteiger partial charge in [-0.05, 0) is 73.1 Å². The smallest absolute Gasteiger partial charge is 0.267 e. The van der Waals surface area contributed by atoms with Crippen LogP contribution in [-0.4, -0.2) is 39.6 Å². The van der Waals surface area contributed by atoms with Crippen LogP contribution in [0.3, 0.4) is 0 Å². The summed E-state index contributed by atoms with van der Waals surface area (Å²) >= 11 is 1.12. The third kappa shape index (κ3) is 4.65. The van der Waals surface area contributed by atoms with Gasteiger partial charge in [0.2, 0.25) is 0 Å². The zero-order valence-electron chi connectivity index (χ0n) is 17.3. The lowest BCUT2D eigenvalue weighted by Crippen LogP contribution is -2.43. The van der Waals surface area contributed by atoms with Crippen molar-refractivity contribution in [2.24, 2.45) is 0 Å². The van der Waals surface area contributed by atoms with E-state index in [1.54, 1.807) is 6.92 Å². The molecule has 1 amide bonds. The monoisotopic (exact) mass is 443 g/mol. The van der Waals surface area contributed by atoms with Gasteiger partial charge >= 0.3 is 0 Å². The Morgan fingerprint density at radius 1 is 1.19 bits per heavy atom. The molecule has 0 saturated carbocycles. The molecule has 2 atom stereocenters. The van der Waals surface area contributed by atoms with E-state index < -0.39 is 11.6 Å². The summed E-state index contributed by atoms with van der Waals surface area (Å²) in [5.41, 5.74) is 2.76. The maximum absolute atomic E-state index is 13.7. The number of benzene rings is 2. The van der Waals surface area contributed by atoms with Crippen LogP contribution in [0.1, 0.15) is 46.8 Å².